The number of carboxylic acid groups (broad SMARTS) is 1. The minimum atomic E-state index is -3.68. The third-order valence-electron chi connectivity index (χ3n) is 14.6. The average molecular weight is 1030 g/mol. The van der Waals surface area contributed by atoms with Crippen LogP contribution < -0.4 is 19.8 Å². The Balaban J connectivity index is 0.882. The minimum Gasteiger partial charge on any atom is -0.478 e. The molecule has 4 heterocycles. The number of nitro groups is 1. The van der Waals surface area contributed by atoms with Crippen LogP contribution in [-0.2, 0) is 15.5 Å². The second kappa shape index (κ2) is 22.7. The molecule has 0 saturated carbocycles. The van der Waals surface area contributed by atoms with E-state index in [1.165, 1.54) is 6.07 Å². The van der Waals surface area contributed by atoms with Gasteiger partial charge in [0.15, 0.2) is 0 Å². The zero-order valence-electron chi connectivity index (χ0n) is 41.2. The quantitative estimate of drug-likeness (QED) is 0.0366. The summed E-state index contributed by atoms with van der Waals surface area (Å²) in [6.07, 6.45) is 3.37. The normalized spacial score (nSPS) is 18.3. The summed E-state index contributed by atoms with van der Waals surface area (Å²) in [7, 11) is -3.68. The molecule has 378 valence electrons. The predicted molar refractivity (Wildman–Crippen MR) is 292 cm³/mol. The molecule has 0 unspecified atom stereocenters. The van der Waals surface area contributed by atoms with Crippen LogP contribution >= 0.6 is 30.9 Å². The summed E-state index contributed by atoms with van der Waals surface area (Å²) >= 11 is 8.06. The van der Waals surface area contributed by atoms with Gasteiger partial charge in [0.1, 0.15) is 0 Å². The van der Waals surface area contributed by atoms with E-state index in [0.29, 0.717) is 51.6 Å². The number of nitro benzene ring substituents is 1. The highest BCUT2D eigenvalue weighted by atomic mass is 35.5. The first-order valence-electron chi connectivity index (χ1n) is 25.1. The van der Waals surface area contributed by atoms with E-state index < -0.39 is 13.5 Å². The monoisotopic (exact) mass is 1030 g/mol. The summed E-state index contributed by atoms with van der Waals surface area (Å²) in [6.45, 7) is 12.6. The fraction of sp³-hybridized carbons (Fsp3) is 0.375. The number of hydrogen-bond acceptors (Lipinski definition) is 10. The Morgan fingerprint density at radius 1 is 0.833 bits per heavy atom. The van der Waals surface area contributed by atoms with Gasteiger partial charge in [0.2, 0.25) is 0 Å². The largest absolute Gasteiger partial charge is 0.478 e. The highest BCUT2D eigenvalue weighted by Gasteiger charge is 2.41. The molecule has 72 heavy (non-hydrogen) atoms. The van der Waals surface area contributed by atoms with Crippen molar-refractivity contribution < 1.29 is 29.0 Å². The molecule has 0 spiro atoms. The molecule has 5 aromatic carbocycles. The van der Waals surface area contributed by atoms with Gasteiger partial charge in [-0.05, 0) is 156 Å². The van der Waals surface area contributed by atoms with Gasteiger partial charge in [-0.3, -0.25) is 19.3 Å². The number of rotatable bonds is 18. The van der Waals surface area contributed by atoms with Gasteiger partial charge in [-0.25, -0.2) is 4.79 Å². The van der Waals surface area contributed by atoms with Crippen LogP contribution in [0.2, 0.25) is 5.02 Å². The van der Waals surface area contributed by atoms with Crippen LogP contribution in [0.25, 0.3) is 22.4 Å². The van der Waals surface area contributed by atoms with Crippen molar-refractivity contribution in [1.82, 2.24) is 9.47 Å². The Morgan fingerprint density at radius 3 is 2.17 bits per heavy atom. The minimum absolute atomic E-state index is 0.0184. The van der Waals surface area contributed by atoms with E-state index in [-0.39, 0.29) is 35.8 Å². The number of benzene rings is 5. The molecule has 6 aromatic rings. The summed E-state index contributed by atoms with van der Waals surface area (Å²) in [5.74, 6) is 0.370. The van der Waals surface area contributed by atoms with Crippen molar-refractivity contribution in [2.24, 2.45) is 11.8 Å². The zero-order chi connectivity index (χ0) is 50.5. The van der Waals surface area contributed by atoms with Gasteiger partial charge in [0.25, 0.3) is 5.69 Å². The Hall–Kier alpha value is -5.60. The molecule has 0 bridgehead atoms. The fourth-order valence-electron chi connectivity index (χ4n) is 10.8. The Labute approximate surface area is 432 Å². The lowest BCUT2D eigenvalue weighted by Gasteiger charge is -2.37. The third kappa shape index (κ3) is 11.1. The van der Waals surface area contributed by atoms with E-state index in [1.54, 1.807) is 28.6 Å². The van der Waals surface area contributed by atoms with Crippen LogP contribution in [0, 0.1) is 28.9 Å². The number of piperazine rings is 1. The van der Waals surface area contributed by atoms with Gasteiger partial charge in [-0.2, -0.15) is 0 Å². The van der Waals surface area contributed by atoms with Crippen molar-refractivity contribution in [3.05, 3.63) is 153 Å². The molecular formula is C56H64ClN6O7PS. The lowest BCUT2D eigenvalue weighted by molar-refractivity contribution is -0.385. The second-order valence-corrected chi connectivity index (χ2v) is 23.3. The van der Waals surface area contributed by atoms with Gasteiger partial charge < -0.3 is 34.0 Å². The first-order valence-corrected chi connectivity index (χ1v) is 28.0. The molecule has 3 fully saturated rings. The molecule has 0 amide bonds. The maximum absolute atomic E-state index is 14.9. The molecule has 9 rings (SSSR count). The molecule has 0 aliphatic carbocycles. The summed E-state index contributed by atoms with van der Waals surface area (Å²) in [5, 5.41) is 33.9. The van der Waals surface area contributed by atoms with Gasteiger partial charge in [0, 0.05) is 94.4 Å². The number of aromatic nitrogens is 1. The zero-order valence-corrected chi connectivity index (χ0v) is 43.7. The fourth-order valence-corrected chi connectivity index (χ4v) is 14.2. The number of carbonyl (C=O) groups is 1. The molecule has 2 N–H and O–H groups in total. The number of halogens is 1. The molecule has 13 nitrogen and oxygen atoms in total. The summed E-state index contributed by atoms with van der Waals surface area (Å²) in [6, 6.07) is 39.0. The van der Waals surface area contributed by atoms with Crippen molar-refractivity contribution in [1.29, 1.82) is 0 Å². The van der Waals surface area contributed by atoms with Crippen LogP contribution in [0.1, 0.15) is 60.8 Å². The number of piperidine rings is 1. The van der Waals surface area contributed by atoms with Crippen molar-refractivity contribution >= 4 is 64.9 Å². The lowest BCUT2D eigenvalue weighted by atomic mass is 9.94. The number of hydrogen-bond donors (Lipinski definition) is 2. The number of carboxylic acids is 1. The van der Waals surface area contributed by atoms with E-state index in [9.17, 15) is 29.7 Å². The van der Waals surface area contributed by atoms with E-state index >= 15 is 0 Å². The van der Waals surface area contributed by atoms with Crippen molar-refractivity contribution in [2.75, 3.05) is 85.8 Å². The lowest BCUT2D eigenvalue weighted by Crippen LogP contribution is -2.46. The smallest absolute Gasteiger partial charge is 0.338 e. The highest BCUT2D eigenvalue weighted by molar-refractivity contribution is 7.99. The van der Waals surface area contributed by atoms with E-state index in [4.69, 9.17) is 16.1 Å². The Kier molecular flexibility index (Phi) is 16.1. The molecule has 3 saturated heterocycles. The molecule has 3 aliphatic rings. The van der Waals surface area contributed by atoms with Crippen LogP contribution in [0.4, 0.5) is 22.7 Å². The van der Waals surface area contributed by atoms with Crippen molar-refractivity contribution in [3.8, 4) is 22.4 Å². The molecule has 3 aliphatic heterocycles. The average Bonchev–Trinajstić information content (AvgIpc) is 3.95. The maximum atomic E-state index is 14.9. The van der Waals surface area contributed by atoms with Gasteiger partial charge in [0.05, 0.1) is 34.6 Å². The van der Waals surface area contributed by atoms with Gasteiger partial charge in [-0.1, -0.05) is 60.1 Å². The third-order valence-corrected chi connectivity index (χ3v) is 18.7. The Bertz CT molecular complexity index is 2900. The highest BCUT2D eigenvalue weighted by Crippen LogP contribution is 2.56. The van der Waals surface area contributed by atoms with Crippen LogP contribution in [0.15, 0.2) is 126 Å². The maximum Gasteiger partial charge on any atom is 0.338 e. The van der Waals surface area contributed by atoms with Gasteiger partial charge >= 0.3 is 13.5 Å². The molecule has 16 heteroatoms. The van der Waals surface area contributed by atoms with Gasteiger partial charge in [-0.15, -0.1) is 11.8 Å². The van der Waals surface area contributed by atoms with Crippen molar-refractivity contribution in [2.45, 2.75) is 57.4 Å². The molecular weight excluding hydrogens is 967 g/mol. The van der Waals surface area contributed by atoms with Crippen LogP contribution in [-0.4, -0.2) is 102 Å². The van der Waals surface area contributed by atoms with Crippen LogP contribution in [0.3, 0.4) is 0 Å². The first-order chi connectivity index (χ1) is 34.8. The molecule has 0 radical (unpaired) electrons. The summed E-state index contributed by atoms with van der Waals surface area (Å²) in [5.41, 5.74) is 7.63. The number of nitrogens with zero attached hydrogens (tertiary/aromatic N) is 6. The number of likely N-dealkylation sites (tertiary alicyclic amines) is 1. The Morgan fingerprint density at radius 2 is 1.51 bits per heavy atom. The summed E-state index contributed by atoms with van der Waals surface area (Å²) < 4.78 is 24.8. The number of aliphatic hydroxyl groups is 1. The van der Waals surface area contributed by atoms with Crippen molar-refractivity contribution in [3.63, 3.8) is 0 Å². The number of anilines is 3. The van der Waals surface area contributed by atoms with Crippen LogP contribution in [0.5, 0.6) is 0 Å². The van der Waals surface area contributed by atoms with E-state index in [2.05, 4.69) is 57.4 Å². The number of thioether (sulfide) groups is 1. The summed E-state index contributed by atoms with van der Waals surface area (Å²) in [4.78, 5) is 33.6. The SMILES string of the molecule is Cc1c(C(=O)O)c(-c2cccc(N3CCN(c4ccc(N5CCO[P@@]5(=O)c5ccc(C[C@H](CCN6CCC(CO)CC6)CSc6ccccc6)c([N+](=O)[O-])c5)cc4)CC3)c2)c(-c2ccc(Cl)cc2)n1C(C)C. The molecule has 2 atom stereocenters. The topological polar surface area (TPSA) is 145 Å². The first kappa shape index (κ1) is 51.3. The number of aliphatic hydroxyl groups excluding tert-OH is 1. The number of aromatic carboxylic acids is 1. The van der Waals surface area contributed by atoms with E-state index in [0.717, 1.165) is 110 Å². The standard InChI is InChI=1S/C56H64ClN6O7PS/c1-39(2)62-40(3)53(56(65)66)54(55(62)43-12-15-46(57)16-13-43)45-8-7-9-49(35-45)60-30-28-59(29-31-60)47-17-19-48(20-18-47)61-32-33-70-71(61,69)50-21-14-44(52(36-50)63(67)68)34-42(38-72-51-10-5-4-6-11-51)24-27-58-25-22-41(37-64)23-26-58/h4-21,35-36,39,41-42,64H,22-34,37-38H2,1-3H3,(H,65,66)/t42-,71-/m0/s1. The van der Waals surface area contributed by atoms with E-state index in [1.807, 2.05) is 85.8 Å². The predicted octanol–water partition coefficient (Wildman–Crippen LogP) is 11.7. The molecule has 1 aromatic heterocycles. The second-order valence-electron chi connectivity index (χ2n) is 19.5.